The first kappa shape index (κ1) is 15.7. The van der Waals surface area contributed by atoms with E-state index >= 15 is 0 Å². The summed E-state index contributed by atoms with van der Waals surface area (Å²) >= 11 is 1.25. The summed E-state index contributed by atoms with van der Waals surface area (Å²) in [6.45, 7) is 0.475. The molecule has 2 aromatic heterocycles. The van der Waals surface area contributed by atoms with Crippen LogP contribution in [0.3, 0.4) is 0 Å². The van der Waals surface area contributed by atoms with Crippen LogP contribution in [0.1, 0.15) is 23.2 Å². The van der Waals surface area contributed by atoms with Crippen LogP contribution in [0.4, 0.5) is 0 Å². The minimum Gasteiger partial charge on any atom is -0.349 e. The van der Waals surface area contributed by atoms with Crippen LogP contribution in [0.25, 0.3) is 0 Å². The minimum absolute atomic E-state index is 0.0255. The fourth-order valence-electron chi connectivity index (χ4n) is 3.66. The van der Waals surface area contributed by atoms with Gasteiger partial charge < -0.3 is 5.32 Å². The second-order valence-electron chi connectivity index (χ2n) is 6.21. The van der Waals surface area contributed by atoms with Gasteiger partial charge >= 0.3 is 0 Å². The second-order valence-corrected chi connectivity index (χ2v) is 9.28. The minimum atomic E-state index is -3.40. The Morgan fingerprint density at radius 1 is 1.29 bits per heavy atom. The molecule has 2 aliphatic rings. The Morgan fingerprint density at radius 2 is 2.17 bits per heavy atom. The first-order chi connectivity index (χ1) is 11.6. The summed E-state index contributed by atoms with van der Waals surface area (Å²) < 4.78 is 27.4. The average molecular weight is 363 g/mol. The lowest BCUT2D eigenvalue weighted by molar-refractivity contribution is 0.0919. The molecule has 6 nitrogen and oxygen atoms in total. The number of thiophene rings is 1. The highest BCUT2D eigenvalue weighted by Crippen LogP contribution is 2.41. The molecule has 8 heteroatoms. The van der Waals surface area contributed by atoms with E-state index in [9.17, 15) is 13.2 Å². The van der Waals surface area contributed by atoms with Gasteiger partial charge in [-0.25, -0.2) is 8.42 Å². The van der Waals surface area contributed by atoms with Crippen molar-refractivity contribution in [3.63, 3.8) is 0 Å². The molecule has 1 N–H and O–H groups in total. The molecule has 2 aromatic rings. The molecule has 3 heterocycles. The Kier molecular flexibility index (Phi) is 3.90. The van der Waals surface area contributed by atoms with Crippen molar-refractivity contribution in [1.29, 1.82) is 0 Å². The van der Waals surface area contributed by atoms with Crippen LogP contribution in [0.5, 0.6) is 0 Å². The van der Waals surface area contributed by atoms with Gasteiger partial charge in [-0.2, -0.15) is 4.31 Å². The van der Waals surface area contributed by atoms with Crippen molar-refractivity contribution in [3.05, 3.63) is 47.6 Å². The fourth-order valence-corrected chi connectivity index (χ4v) is 6.48. The summed E-state index contributed by atoms with van der Waals surface area (Å²) in [5, 5.41) is 4.81. The zero-order valence-corrected chi connectivity index (χ0v) is 14.5. The maximum Gasteiger partial charge on any atom is 0.253 e. The molecular formula is C16H17N3O3S2. The number of rotatable bonds is 4. The molecule has 1 saturated carbocycles. The lowest BCUT2D eigenvalue weighted by atomic mass is 10.0. The van der Waals surface area contributed by atoms with Gasteiger partial charge in [0.05, 0.1) is 5.56 Å². The van der Waals surface area contributed by atoms with E-state index in [1.165, 1.54) is 17.5 Å². The number of carbonyl (C=O) groups is 1. The number of hydrogen-bond donors (Lipinski definition) is 1. The van der Waals surface area contributed by atoms with Crippen LogP contribution in [0.2, 0.25) is 0 Å². The molecule has 1 saturated heterocycles. The van der Waals surface area contributed by atoms with E-state index in [-0.39, 0.29) is 23.9 Å². The molecule has 24 heavy (non-hydrogen) atoms. The second kappa shape index (κ2) is 5.94. The van der Waals surface area contributed by atoms with Gasteiger partial charge in [0.25, 0.3) is 15.9 Å². The zero-order chi connectivity index (χ0) is 16.7. The molecule has 1 aliphatic heterocycles. The molecule has 3 unspecified atom stereocenters. The van der Waals surface area contributed by atoms with Crippen molar-refractivity contribution in [2.75, 3.05) is 6.54 Å². The largest absolute Gasteiger partial charge is 0.349 e. The molecule has 126 valence electrons. The number of sulfonamides is 1. The van der Waals surface area contributed by atoms with Crippen molar-refractivity contribution in [2.45, 2.75) is 29.1 Å². The SMILES string of the molecule is O=C(NC1CC2CC1CN2S(=O)(=O)c1cccs1)c1cccnc1. The maximum atomic E-state index is 12.7. The van der Waals surface area contributed by atoms with Crippen LogP contribution < -0.4 is 5.32 Å². The van der Waals surface area contributed by atoms with Gasteiger partial charge in [-0.15, -0.1) is 11.3 Å². The molecule has 1 aliphatic carbocycles. The first-order valence-corrected chi connectivity index (χ1v) is 10.1. The summed E-state index contributed by atoms with van der Waals surface area (Å²) in [7, 11) is -3.40. The van der Waals surface area contributed by atoms with Crippen LogP contribution in [-0.2, 0) is 10.0 Å². The number of pyridine rings is 1. The van der Waals surface area contributed by atoms with Crippen LogP contribution >= 0.6 is 11.3 Å². The van der Waals surface area contributed by atoms with Gasteiger partial charge in [-0.3, -0.25) is 9.78 Å². The number of carbonyl (C=O) groups excluding carboxylic acids is 1. The van der Waals surface area contributed by atoms with E-state index in [4.69, 9.17) is 0 Å². The van der Waals surface area contributed by atoms with Crippen LogP contribution in [0.15, 0.2) is 46.2 Å². The average Bonchev–Trinajstić information content (AvgIpc) is 3.32. The summed E-state index contributed by atoms with van der Waals surface area (Å²) in [6.07, 6.45) is 4.64. The molecular weight excluding hydrogens is 346 g/mol. The topological polar surface area (TPSA) is 79.4 Å². The third kappa shape index (κ3) is 2.64. The Bertz CT molecular complexity index is 837. The molecule has 1 amide bonds. The van der Waals surface area contributed by atoms with E-state index < -0.39 is 10.0 Å². The molecule has 3 atom stereocenters. The van der Waals surface area contributed by atoms with Crippen molar-refractivity contribution in [1.82, 2.24) is 14.6 Å². The molecule has 2 bridgehead atoms. The van der Waals surface area contributed by atoms with Crippen LogP contribution in [-0.4, -0.2) is 42.2 Å². The Hall–Kier alpha value is -1.77. The van der Waals surface area contributed by atoms with Gasteiger partial charge in [-0.1, -0.05) is 6.07 Å². The lowest BCUT2D eigenvalue weighted by Crippen LogP contribution is -2.47. The molecule has 4 rings (SSSR count). The van der Waals surface area contributed by atoms with Gasteiger partial charge in [0.1, 0.15) is 4.21 Å². The number of aromatic nitrogens is 1. The summed E-state index contributed by atoms with van der Waals surface area (Å²) in [6, 6.07) is 6.85. The summed E-state index contributed by atoms with van der Waals surface area (Å²) in [4.78, 5) is 16.2. The maximum absolute atomic E-state index is 12.7. The predicted octanol–water partition coefficient (Wildman–Crippen LogP) is 1.72. The van der Waals surface area contributed by atoms with E-state index in [0.717, 1.165) is 6.42 Å². The van der Waals surface area contributed by atoms with Crippen molar-refractivity contribution < 1.29 is 13.2 Å². The van der Waals surface area contributed by atoms with Crippen molar-refractivity contribution in [3.8, 4) is 0 Å². The number of amides is 1. The predicted molar refractivity (Wildman–Crippen MR) is 90.2 cm³/mol. The van der Waals surface area contributed by atoms with E-state index in [0.29, 0.717) is 22.7 Å². The van der Waals surface area contributed by atoms with E-state index in [1.54, 1.807) is 40.1 Å². The standard InChI is InChI=1S/C16H17N3O3S2/c20-16(11-3-1-5-17-9-11)18-14-8-13-7-12(14)10-19(13)24(21,22)15-4-2-6-23-15/h1-6,9,12-14H,7-8,10H2,(H,18,20). The number of hydrogen-bond acceptors (Lipinski definition) is 5. The van der Waals surface area contributed by atoms with Gasteiger partial charge in [0, 0.05) is 31.0 Å². The molecule has 0 spiro atoms. The third-order valence-electron chi connectivity index (χ3n) is 4.79. The molecule has 2 fully saturated rings. The summed E-state index contributed by atoms with van der Waals surface area (Å²) in [5.41, 5.74) is 0.531. The lowest BCUT2D eigenvalue weighted by Gasteiger charge is -2.30. The van der Waals surface area contributed by atoms with Gasteiger partial charge in [0.15, 0.2) is 0 Å². The van der Waals surface area contributed by atoms with Crippen LogP contribution in [0, 0.1) is 5.92 Å². The quantitative estimate of drug-likeness (QED) is 0.897. The normalized spacial score (nSPS) is 26.6. The Labute approximate surface area is 144 Å². The monoisotopic (exact) mass is 363 g/mol. The summed E-state index contributed by atoms with van der Waals surface area (Å²) in [5.74, 6) is 0.0265. The number of piperidine rings is 1. The zero-order valence-electron chi connectivity index (χ0n) is 12.8. The smallest absolute Gasteiger partial charge is 0.253 e. The van der Waals surface area contributed by atoms with Gasteiger partial charge in [0.2, 0.25) is 0 Å². The van der Waals surface area contributed by atoms with Gasteiger partial charge in [-0.05, 0) is 42.3 Å². The number of nitrogens with zero attached hydrogens (tertiary/aromatic N) is 2. The van der Waals surface area contributed by atoms with Crippen molar-refractivity contribution in [2.24, 2.45) is 5.92 Å². The van der Waals surface area contributed by atoms with Crippen molar-refractivity contribution >= 4 is 27.3 Å². The Balaban J connectivity index is 1.44. The molecule has 0 aromatic carbocycles. The number of fused-ring (bicyclic) bond motifs is 2. The van der Waals surface area contributed by atoms with E-state index in [1.807, 2.05) is 0 Å². The van der Waals surface area contributed by atoms with E-state index in [2.05, 4.69) is 10.3 Å². The first-order valence-electron chi connectivity index (χ1n) is 7.82. The highest BCUT2D eigenvalue weighted by Gasteiger charge is 2.50. The molecule has 0 radical (unpaired) electrons. The fraction of sp³-hybridized carbons (Fsp3) is 0.375. The Morgan fingerprint density at radius 3 is 2.79 bits per heavy atom. The third-order valence-corrected chi connectivity index (χ3v) is 8.08. The highest BCUT2D eigenvalue weighted by atomic mass is 32.2. The number of nitrogens with one attached hydrogen (secondary N) is 1. The highest BCUT2D eigenvalue weighted by molar-refractivity contribution is 7.91.